The van der Waals surface area contributed by atoms with Gasteiger partial charge in [0.1, 0.15) is 5.76 Å². The Morgan fingerprint density at radius 3 is 2.40 bits per heavy atom. The Bertz CT molecular complexity index is 569. The van der Waals surface area contributed by atoms with E-state index in [-0.39, 0.29) is 5.41 Å². The zero-order chi connectivity index (χ0) is 14.9. The molecule has 2 heterocycles. The molecule has 110 valence electrons. The molecule has 2 aromatic heterocycles. The number of oxazole rings is 1. The average molecular weight is 292 g/mol. The summed E-state index contributed by atoms with van der Waals surface area (Å²) in [6.45, 7) is 13.0. The van der Waals surface area contributed by atoms with Crippen LogP contribution in [0.25, 0.3) is 0 Å². The topological polar surface area (TPSA) is 38.9 Å². The van der Waals surface area contributed by atoms with Crippen molar-refractivity contribution in [2.45, 2.75) is 65.2 Å². The summed E-state index contributed by atoms with van der Waals surface area (Å²) in [5.41, 5.74) is -0.0286. The summed E-state index contributed by atoms with van der Waals surface area (Å²) >= 11 is 1.78. The Morgan fingerprint density at radius 2 is 1.90 bits per heavy atom. The van der Waals surface area contributed by atoms with Crippen molar-refractivity contribution >= 4 is 11.3 Å². The van der Waals surface area contributed by atoms with Crippen LogP contribution in [0.1, 0.15) is 74.4 Å². The Morgan fingerprint density at radius 1 is 1.20 bits per heavy atom. The fourth-order valence-electron chi connectivity index (χ4n) is 2.42. The minimum atomic E-state index is -0.0286. The first kappa shape index (κ1) is 15.2. The zero-order valence-electron chi connectivity index (χ0n) is 13.2. The fourth-order valence-corrected chi connectivity index (χ4v) is 3.25. The van der Waals surface area contributed by atoms with Crippen LogP contribution >= 0.6 is 11.3 Å². The molecule has 0 aliphatic carbocycles. The van der Waals surface area contributed by atoms with Gasteiger partial charge in [0.15, 0.2) is 5.89 Å². The molecule has 20 heavy (non-hydrogen) atoms. The second kappa shape index (κ2) is 5.68. The normalized spacial score (nSPS) is 13.9. The first-order valence-corrected chi connectivity index (χ1v) is 8.00. The molecule has 4 heteroatoms. The van der Waals surface area contributed by atoms with Crippen molar-refractivity contribution in [2.75, 3.05) is 0 Å². The molecule has 0 N–H and O–H groups in total. The van der Waals surface area contributed by atoms with E-state index in [1.165, 1.54) is 9.88 Å². The number of hydrogen-bond acceptors (Lipinski definition) is 4. The molecule has 0 saturated carbocycles. The second-order valence-electron chi connectivity index (χ2n) is 6.52. The maximum Gasteiger partial charge on any atom is 0.196 e. The molecule has 0 spiro atoms. The van der Waals surface area contributed by atoms with Gasteiger partial charge >= 0.3 is 0 Å². The lowest BCUT2D eigenvalue weighted by molar-refractivity contribution is 0.326. The maximum atomic E-state index is 5.92. The number of nitrogens with zero attached hydrogens (tertiary/aromatic N) is 2. The molecule has 0 amide bonds. The predicted molar refractivity (Wildman–Crippen MR) is 83.5 cm³/mol. The molecule has 0 bridgehead atoms. The van der Waals surface area contributed by atoms with E-state index in [4.69, 9.17) is 4.42 Å². The lowest BCUT2D eigenvalue weighted by Crippen LogP contribution is -2.19. The quantitative estimate of drug-likeness (QED) is 0.775. The minimum Gasteiger partial charge on any atom is -0.445 e. The van der Waals surface area contributed by atoms with Gasteiger partial charge in [-0.15, -0.1) is 11.3 Å². The number of aryl methyl sites for hydroxylation is 1. The lowest BCUT2D eigenvalue weighted by atomic mass is 9.82. The van der Waals surface area contributed by atoms with Crippen LogP contribution in [0, 0.1) is 6.92 Å². The van der Waals surface area contributed by atoms with Gasteiger partial charge in [0, 0.05) is 28.3 Å². The highest BCUT2D eigenvalue weighted by Crippen LogP contribution is 2.36. The summed E-state index contributed by atoms with van der Waals surface area (Å²) < 4.78 is 5.92. The highest BCUT2D eigenvalue weighted by molar-refractivity contribution is 7.11. The third-order valence-corrected chi connectivity index (χ3v) is 4.71. The Kier molecular flexibility index (Phi) is 4.33. The number of thiazole rings is 1. The first-order chi connectivity index (χ1) is 9.29. The summed E-state index contributed by atoms with van der Waals surface area (Å²) in [6.07, 6.45) is 4.84. The van der Waals surface area contributed by atoms with E-state index in [0.29, 0.717) is 11.8 Å². The summed E-state index contributed by atoms with van der Waals surface area (Å²) in [5.74, 6) is 2.56. The third-order valence-electron chi connectivity index (χ3n) is 3.56. The van der Waals surface area contributed by atoms with E-state index in [1.807, 2.05) is 12.4 Å². The predicted octanol–water partition coefficient (Wildman–Crippen LogP) is 5.03. The van der Waals surface area contributed by atoms with Crippen LogP contribution in [-0.2, 0) is 5.41 Å². The molecule has 0 aliphatic rings. The molecular formula is C16H24N2OS. The van der Waals surface area contributed by atoms with Crippen LogP contribution in [0.3, 0.4) is 0 Å². The Hall–Kier alpha value is -1.16. The zero-order valence-corrected chi connectivity index (χ0v) is 14.0. The van der Waals surface area contributed by atoms with Gasteiger partial charge in [0.25, 0.3) is 0 Å². The Balaban J connectivity index is 2.13. The molecule has 1 atom stereocenters. The molecule has 0 fully saturated rings. The average Bonchev–Trinajstić information content (AvgIpc) is 2.96. The lowest BCUT2D eigenvalue weighted by Gasteiger charge is -2.24. The van der Waals surface area contributed by atoms with E-state index in [1.54, 1.807) is 11.3 Å². The Labute approximate surface area is 125 Å². The van der Waals surface area contributed by atoms with Gasteiger partial charge < -0.3 is 4.42 Å². The largest absolute Gasteiger partial charge is 0.445 e. The van der Waals surface area contributed by atoms with E-state index >= 15 is 0 Å². The van der Waals surface area contributed by atoms with Crippen molar-refractivity contribution in [1.29, 1.82) is 0 Å². The van der Waals surface area contributed by atoms with Crippen LogP contribution in [0.4, 0.5) is 0 Å². The highest BCUT2D eigenvalue weighted by Gasteiger charge is 2.29. The molecule has 3 nitrogen and oxygen atoms in total. The van der Waals surface area contributed by atoms with Crippen LogP contribution in [0.15, 0.2) is 16.8 Å². The molecule has 0 radical (unpaired) electrons. The van der Waals surface area contributed by atoms with Crippen molar-refractivity contribution in [1.82, 2.24) is 9.97 Å². The van der Waals surface area contributed by atoms with Crippen LogP contribution in [0.2, 0.25) is 0 Å². The SMILES string of the molecule is Cc1cnc(C(C)CC(C)(C)c2cnc(C(C)C)o2)s1. The summed E-state index contributed by atoms with van der Waals surface area (Å²) in [7, 11) is 0. The van der Waals surface area contributed by atoms with E-state index in [2.05, 4.69) is 51.5 Å². The monoisotopic (exact) mass is 292 g/mol. The van der Waals surface area contributed by atoms with Gasteiger partial charge in [-0.2, -0.15) is 0 Å². The summed E-state index contributed by atoms with van der Waals surface area (Å²) in [6, 6.07) is 0. The van der Waals surface area contributed by atoms with Crippen LogP contribution in [-0.4, -0.2) is 9.97 Å². The molecule has 0 aromatic carbocycles. The van der Waals surface area contributed by atoms with Gasteiger partial charge in [0.2, 0.25) is 0 Å². The van der Waals surface area contributed by atoms with Gasteiger partial charge in [-0.1, -0.05) is 34.6 Å². The number of aromatic nitrogens is 2. The third kappa shape index (κ3) is 3.29. The van der Waals surface area contributed by atoms with Gasteiger partial charge in [-0.05, 0) is 13.3 Å². The van der Waals surface area contributed by atoms with Crippen molar-refractivity contribution in [2.24, 2.45) is 0 Å². The smallest absolute Gasteiger partial charge is 0.196 e. The van der Waals surface area contributed by atoms with E-state index < -0.39 is 0 Å². The van der Waals surface area contributed by atoms with E-state index in [0.717, 1.165) is 18.1 Å². The second-order valence-corrected chi connectivity index (χ2v) is 7.78. The summed E-state index contributed by atoms with van der Waals surface area (Å²) in [4.78, 5) is 10.2. The van der Waals surface area contributed by atoms with Crippen LogP contribution in [0.5, 0.6) is 0 Å². The standard InChI is InChI=1S/C16H24N2OS/c1-10(2)14-17-9-13(19-14)16(5,6)7-11(3)15-18-8-12(4)20-15/h8-11H,7H2,1-6H3. The van der Waals surface area contributed by atoms with Crippen molar-refractivity contribution in [3.8, 4) is 0 Å². The molecule has 2 aromatic rings. The molecule has 0 aliphatic heterocycles. The van der Waals surface area contributed by atoms with Crippen molar-refractivity contribution in [3.05, 3.63) is 33.9 Å². The van der Waals surface area contributed by atoms with E-state index in [9.17, 15) is 0 Å². The minimum absolute atomic E-state index is 0.0286. The molecule has 1 unspecified atom stereocenters. The van der Waals surface area contributed by atoms with Crippen molar-refractivity contribution in [3.63, 3.8) is 0 Å². The first-order valence-electron chi connectivity index (χ1n) is 7.18. The summed E-state index contributed by atoms with van der Waals surface area (Å²) in [5, 5.41) is 1.21. The van der Waals surface area contributed by atoms with Gasteiger partial charge in [-0.25, -0.2) is 9.97 Å². The number of hydrogen-bond donors (Lipinski definition) is 0. The molecule has 0 saturated heterocycles. The van der Waals surface area contributed by atoms with Crippen molar-refractivity contribution < 1.29 is 4.42 Å². The van der Waals surface area contributed by atoms with Gasteiger partial charge in [0.05, 0.1) is 11.2 Å². The molecule has 2 rings (SSSR count). The van der Waals surface area contributed by atoms with Gasteiger partial charge in [-0.3, -0.25) is 0 Å². The fraction of sp³-hybridized carbons (Fsp3) is 0.625. The molecular weight excluding hydrogens is 268 g/mol. The van der Waals surface area contributed by atoms with Crippen LogP contribution < -0.4 is 0 Å². The number of rotatable bonds is 5. The maximum absolute atomic E-state index is 5.92. The highest BCUT2D eigenvalue weighted by atomic mass is 32.1.